The summed E-state index contributed by atoms with van der Waals surface area (Å²) in [5.74, 6) is -1.53. The van der Waals surface area contributed by atoms with Crippen LogP contribution >= 0.6 is 7.37 Å². The SMILES string of the molecule is C[Si](C)(C)OC(c1cccnc1)P(=O)(O[Si](C)(C)C)C(O[Si](C)(C)C)c1cccnc1. The van der Waals surface area contributed by atoms with E-state index in [2.05, 4.69) is 49.3 Å². The molecule has 0 radical (unpaired) electrons. The monoisotopic (exact) mass is 496 g/mol. The number of nitrogens with zero attached hydrogens (tertiary/aromatic N) is 2. The summed E-state index contributed by atoms with van der Waals surface area (Å²) >= 11 is 0. The molecule has 2 aromatic heterocycles. The van der Waals surface area contributed by atoms with Crippen molar-refractivity contribution in [3.63, 3.8) is 0 Å². The lowest BCUT2D eigenvalue weighted by Gasteiger charge is -2.41. The lowest BCUT2D eigenvalue weighted by atomic mass is 10.3. The fraction of sp³-hybridized carbons (Fsp3) is 0.524. The van der Waals surface area contributed by atoms with Gasteiger partial charge in [-0.2, -0.15) is 0 Å². The minimum Gasteiger partial charge on any atom is -0.402 e. The van der Waals surface area contributed by atoms with Gasteiger partial charge in [-0.1, -0.05) is 12.1 Å². The summed E-state index contributed by atoms with van der Waals surface area (Å²) in [7, 11) is -10.1. The molecule has 0 fully saturated rings. The molecule has 2 rings (SSSR count). The molecule has 2 aromatic rings. The summed E-state index contributed by atoms with van der Waals surface area (Å²) in [6, 6.07) is 7.50. The average Bonchev–Trinajstić information content (AvgIpc) is 2.63. The van der Waals surface area contributed by atoms with E-state index in [9.17, 15) is 0 Å². The topological polar surface area (TPSA) is 70.5 Å². The Balaban J connectivity index is 2.77. The predicted octanol–water partition coefficient (Wildman–Crippen LogP) is 7.01. The van der Waals surface area contributed by atoms with Crippen LogP contribution in [0.4, 0.5) is 0 Å². The van der Waals surface area contributed by atoms with Crippen molar-refractivity contribution in [1.82, 2.24) is 9.97 Å². The van der Waals surface area contributed by atoms with Crippen LogP contribution in [0.25, 0.3) is 0 Å². The van der Waals surface area contributed by atoms with Gasteiger partial charge >= 0.3 is 0 Å². The minimum absolute atomic E-state index is 0.750. The molecule has 0 aliphatic heterocycles. The highest BCUT2D eigenvalue weighted by Gasteiger charge is 2.50. The summed E-state index contributed by atoms with van der Waals surface area (Å²) in [5, 5.41) is 0. The Kier molecular flexibility index (Phi) is 8.41. The molecule has 0 aromatic carbocycles. The number of pyridine rings is 2. The van der Waals surface area contributed by atoms with Crippen molar-refractivity contribution < 1.29 is 17.6 Å². The van der Waals surface area contributed by atoms with Gasteiger partial charge in [0.15, 0.2) is 36.6 Å². The third-order valence-electron chi connectivity index (χ3n) is 3.94. The normalized spacial score (nSPS) is 17.1. The maximum absolute atomic E-state index is 15.1. The molecule has 2 unspecified atom stereocenters. The molecule has 0 amide bonds. The standard InChI is InChI=1S/C21H37N2O4PSi3/c1-29(2,3)25-20(18-12-10-14-22-16-18)28(24,27-31(7,8)9)21(26-30(4,5)6)19-13-11-15-23-17-19/h10-17,20-21H,1-9H3. The zero-order chi connectivity index (χ0) is 23.5. The maximum Gasteiger partial charge on any atom is 0.256 e. The van der Waals surface area contributed by atoms with E-state index in [0.29, 0.717) is 0 Å². The third-order valence-corrected chi connectivity index (χ3v) is 11.7. The van der Waals surface area contributed by atoms with E-state index in [-0.39, 0.29) is 0 Å². The predicted molar refractivity (Wildman–Crippen MR) is 135 cm³/mol. The molecular formula is C21H37N2O4PSi3. The average molecular weight is 497 g/mol. The van der Waals surface area contributed by atoms with E-state index < -0.39 is 44.0 Å². The Bertz CT molecular complexity index is 818. The van der Waals surface area contributed by atoms with Crippen molar-refractivity contribution in [2.75, 3.05) is 0 Å². The first-order valence-electron chi connectivity index (χ1n) is 10.6. The van der Waals surface area contributed by atoms with Crippen molar-refractivity contribution in [2.45, 2.75) is 70.6 Å². The Morgan fingerprint density at radius 2 is 1.10 bits per heavy atom. The lowest BCUT2D eigenvalue weighted by Crippen LogP contribution is -2.35. The van der Waals surface area contributed by atoms with Crippen LogP contribution in [0.3, 0.4) is 0 Å². The summed E-state index contributed by atoms with van der Waals surface area (Å²) in [5.41, 5.74) is 1.50. The second-order valence-electron chi connectivity index (χ2n) is 10.6. The lowest BCUT2D eigenvalue weighted by molar-refractivity contribution is 0.206. The smallest absolute Gasteiger partial charge is 0.256 e. The zero-order valence-corrected chi connectivity index (χ0v) is 24.1. The van der Waals surface area contributed by atoms with E-state index in [1.54, 1.807) is 24.8 Å². The molecule has 0 saturated carbocycles. The number of aromatic nitrogens is 2. The molecule has 6 nitrogen and oxygen atoms in total. The van der Waals surface area contributed by atoms with Gasteiger partial charge in [-0.15, -0.1) is 0 Å². The molecule has 2 atom stereocenters. The molecule has 0 bridgehead atoms. The molecule has 0 aliphatic rings. The fourth-order valence-corrected chi connectivity index (χ4v) is 13.3. The van der Waals surface area contributed by atoms with Gasteiger partial charge in [-0.3, -0.25) is 14.5 Å². The van der Waals surface area contributed by atoms with Gasteiger partial charge in [0.2, 0.25) is 0 Å². The van der Waals surface area contributed by atoms with Gasteiger partial charge in [0.05, 0.1) is 0 Å². The maximum atomic E-state index is 15.1. The second kappa shape index (κ2) is 9.91. The first kappa shape index (κ1) is 26.3. The number of rotatable bonds is 10. The summed E-state index contributed by atoms with van der Waals surface area (Å²) in [4.78, 5) is 8.56. The van der Waals surface area contributed by atoms with Crippen LogP contribution < -0.4 is 0 Å². The Labute approximate surface area is 190 Å². The molecule has 0 saturated heterocycles. The summed E-state index contributed by atoms with van der Waals surface area (Å²) in [6.07, 6.45) is 6.85. The number of hydrogen-bond donors (Lipinski definition) is 0. The van der Waals surface area contributed by atoms with Gasteiger partial charge in [0, 0.05) is 35.9 Å². The molecule has 2 heterocycles. The van der Waals surface area contributed by atoms with Gasteiger partial charge in [0.25, 0.3) is 7.37 Å². The molecular weight excluding hydrogens is 459 g/mol. The fourth-order valence-electron chi connectivity index (χ4n) is 3.06. The van der Waals surface area contributed by atoms with E-state index in [1.165, 1.54) is 0 Å². The first-order chi connectivity index (χ1) is 14.1. The highest BCUT2D eigenvalue weighted by Crippen LogP contribution is 2.72. The van der Waals surface area contributed by atoms with Crippen LogP contribution in [0.5, 0.6) is 0 Å². The summed E-state index contributed by atoms with van der Waals surface area (Å²) in [6.45, 7) is 18.7. The molecule has 10 heteroatoms. The largest absolute Gasteiger partial charge is 0.402 e. The third kappa shape index (κ3) is 8.16. The van der Waals surface area contributed by atoms with Crippen LogP contribution in [-0.4, -0.2) is 34.9 Å². The second-order valence-corrected chi connectivity index (χ2v) is 26.7. The van der Waals surface area contributed by atoms with Gasteiger partial charge in [0.1, 0.15) is 0 Å². The van der Waals surface area contributed by atoms with Gasteiger partial charge in [-0.05, 0) is 71.1 Å². The molecule has 0 N–H and O–H groups in total. The highest BCUT2D eigenvalue weighted by atomic mass is 31.2. The Hall–Kier alpha value is -0.939. The quantitative estimate of drug-likeness (QED) is 0.260. The van der Waals surface area contributed by atoms with Crippen molar-refractivity contribution in [1.29, 1.82) is 0 Å². The molecule has 0 aliphatic carbocycles. The van der Waals surface area contributed by atoms with Crippen LogP contribution in [0.15, 0.2) is 49.1 Å². The Morgan fingerprint density at radius 1 is 0.710 bits per heavy atom. The summed E-state index contributed by atoms with van der Waals surface area (Å²) < 4.78 is 34.9. The van der Waals surface area contributed by atoms with Crippen LogP contribution in [0, 0.1) is 0 Å². The van der Waals surface area contributed by atoms with Gasteiger partial charge in [-0.25, -0.2) is 0 Å². The van der Waals surface area contributed by atoms with Crippen LogP contribution in [0.2, 0.25) is 58.9 Å². The number of hydrogen-bond acceptors (Lipinski definition) is 6. The molecule has 31 heavy (non-hydrogen) atoms. The van der Waals surface area contributed by atoms with Crippen molar-refractivity contribution in [2.24, 2.45) is 0 Å². The van der Waals surface area contributed by atoms with E-state index >= 15 is 4.57 Å². The highest BCUT2D eigenvalue weighted by molar-refractivity contribution is 7.61. The van der Waals surface area contributed by atoms with Crippen LogP contribution in [-0.2, 0) is 17.6 Å². The van der Waals surface area contributed by atoms with Gasteiger partial charge < -0.3 is 13.1 Å². The Morgan fingerprint density at radius 3 is 1.35 bits per heavy atom. The molecule has 172 valence electrons. The van der Waals surface area contributed by atoms with E-state index in [4.69, 9.17) is 13.1 Å². The van der Waals surface area contributed by atoms with Crippen molar-refractivity contribution in [3.05, 3.63) is 60.2 Å². The van der Waals surface area contributed by atoms with E-state index in [0.717, 1.165) is 11.1 Å². The minimum atomic E-state index is -3.59. The zero-order valence-electron chi connectivity index (χ0n) is 20.2. The van der Waals surface area contributed by atoms with E-state index in [1.807, 2.05) is 43.9 Å². The van der Waals surface area contributed by atoms with Crippen molar-refractivity contribution >= 4 is 32.3 Å². The van der Waals surface area contributed by atoms with Crippen LogP contribution in [0.1, 0.15) is 22.8 Å². The molecule has 0 spiro atoms. The first-order valence-corrected chi connectivity index (χ1v) is 22.6. The van der Waals surface area contributed by atoms with Crippen molar-refractivity contribution in [3.8, 4) is 0 Å².